The van der Waals surface area contributed by atoms with Gasteiger partial charge in [-0.15, -0.1) is 0 Å². The molecule has 0 amide bonds. The molecule has 0 spiro atoms. The van der Waals surface area contributed by atoms with Crippen molar-refractivity contribution in [2.45, 2.75) is 136 Å². The van der Waals surface area contributed by atoms with Gasteiger partial charge in [-0.2, -0.15) is 0 Å². The van der Waals surface area contributed by atoms with Crippen molar-refractivity contribution in [3.05, 3.63) is 88.0 Å². The molecule has 0 saturated carbocycles. The molecule has 3 N–H and O–H groups in total. The number of carbonyl (C=O) groups excluding carboxylic acids is 6. The minimum atomic E-state index is -1.02. The van der Waals surface area contributed by atoms with Gasteiger partial charge < -0.3 is 29.0 Å². The van der Waals surface area contributed by atoms with E-state index in [1.54, 1.807) is 31.2 Å². The summed E-state index contributed by atoms with van der Waals surface area (Å²) in [7, 11) is -3.07. The maximum absolute atomic E-state index is 11.9. The van der Waals surface area contributed by atoms with Crippen molar-refractivity contribution in [3.8, 4) is 17.2 Å². The number of Topliss-reactive ketones (excluding diaryl/α,β-unsaturated/α-hetero) is 6. The molecule has 0 aliphatic carbocycles. The average molecular weight is 822 g/mol. The van der Waals surface area contributed by atoms with E-state index in [0.29, 0.717) is 91.7 Å². The summed E-state index contributed by atoms with van der Waals surface area (Å²) < 4.78 is 16.5. The number of hydrogen-bond donors (Lipinski definition) is 3. The SMILES string of the molecule is CCC(=O)CC1Cc2cccc(C(C)=O)c2OB1O.CCCC(=O)CC1Cc2cccc(C(C)=O)c2OB1O.CCCCC(=O)CC1Cc2cccc(C(C)=O)c2OB1O. The first-order chi connectivity index (χ1) is 28.6. The zero-order valence-electron chi connectivity index (χ0n) is 35.7. The van der Waals surface area contributed by atoms with Gasteiger partial charge in [-0.1, -0.05) is 63.6 Å². The third-order valence-corrected chi connectivity index (χ3v) is 11.0. The van der Waals surface area contributed by atoms with Gasteiger partial charge >= 0.3 is 21.4 Å². The van der Waals surface area contributed by atoms with Gasteiger partial charge in [0.1, 0.15) is 34.6 Å². The van der Waals surface area contributed by atoms with Crippen LogP contribution < -0.4 is 14.0 Å². The second-order valence-corrected chi connectivity index (χ2v) is 15.9. The van der Waals surface area contributed by atoms with Crippen LogP contribution in [0.4, 0.5) is 0 Å². The molecule has 3 heterocycles. The second kappa shape index (κ2) is 22.7. The molecule has 6 rings (SSSR count). The summed E-state index contributed by atoms with van der Waals surface area (Å²) in [5.74, 6) is 0.846. The number of para-hydroxylation sites is 3. The molecule has 3 unspecified atom stereocenters. The molecule has 0 bridgehead atoms. The van der Waals surface area contributed by atoms with Crippen molar-refractivity contribution in [2.24, 2.45) is 0 Å². The third-order valence-electron chi connectivity index (χ3n) is 11.0. The van der Waals surface area contributed by atoms with Crippen LogP contribution in [-0.2, 0) is 33.6 Å². The van der Waals surface area contributed by atoms with Crippen LogP contribution in [0.25, 0.3) is 0 Å². The minimum absolute atomic E-state index is 0.0866. The highest BCUT2D eigenvalue weighted by Crippen LogP contribution is 2.39. The fourth-order valence-corrected chi connectivity index (χ4v) is 7.68. The molecule has 3 aromatic carbocycles. The predicted molar refractivity (Wildman–Crippen MR) is 231 cm³/mol. The molecule has 12 nitrogen and oxygen atoms in total. The number of ketones is 6. The van der Waals surface area contributed by atoms with Crippen molar-refractivity contribution in [1.82, 2.24) is 0 Å². The first-order valence-corrected chi connectivity index (χ1v) is 21.1. The minimum Gasteiger partial charge on any atom is -0.535 e. The third kappa shape index (κ3) is 12.8. The largest absolute Gasteiger partial charge is 0.535 e. The van der Waals surface area contributed by atoms with E-state index in [4.69, 9.17) is 14.0 Å². The van der Waals surface area contributed by atoms with Gasteiger partial charge in [-0.3, -0.25) is 28.8 Å². The molecule has 0 fully saturated rings. The van der Waals surface area contributed by atoms with Gasteiger partial charge in [-0.05, 0) is 87.8 Å². The van der Waals surface area contributed by atoms with Crippen molar-refractivity contribution in [3.63, 3.8) is 0 Å². The summed E-state index contributed by atoms with van der Waals surface area (Å²) in [5, 5.41) is 30.1. The van der Waals surface area contributed by atoms with Gasteiger partial charge in [-0.25, -0.2) is 0 Å². The van der Waals surface area contributed by atoms with Crippen molar-refractivity contribution < 1.29 is 57.8 Å². The maximum atomic E-state index is 11.9. The number of carbonyl (C=O) groups is 6. The summed E-state index contributed by atoms with van der Waals surface area (Å²) in [5.41, 5.74) is 4.12. The summed E-state index contributed by atoms with van der Waals surface area (Å²) in [6, 6.07) is 16.1. The molecular formula is C45H57B3O12. The first-order valence-electron chi connectivity index (χ1n) is 21.1. The van der Waals surface area contributed by atoms with Crippen LogP contribution in [0.1, 0.15) is 147 Å². The first kappa shape index (κ1) is 47.8. The summed E-state index contributed by atoms with van der Waals surface area (Å²) in [6.07, 6.45) is 6.87. The van der Waals surface area contributed by atoms with Crippen LogP contribution in [0.5, 0.6) is 17.2 Å². The van der Waals surface area contributed by atoms with E-state index in [1.807, 2.05) is 44.2 Å². The Morgan fingerprint density at radius 3 is 1.15 bits per heavy atom. The monoisotopic (exact) mass is 822 g/mol. The van der Waals surface area contributed by atoms with E-state index >= 15 is 0 Å². The van der Waals surface area contributed by atoms with Gasteiger partial charge in [0, 0.05) is 56.0 Å². The molecule has 3 aliphatic heterocycles. The number of rotatable bonds is 15. The Kier molecular flexibility index (Phi) is 18.1. The average Bonchev–Trinajstić information content (AvgIpc) is 3.20. The number of benzene rings is 3. The number of unbranched alkanes of at least 4 members (excludes halogenated alkanes) is 1. The molecule has 3 aliphatic rings. The van der Waals surface area contributed by atoms with E-state index in [0.717, 1.165) is 36.0 Å². The van der Waals surface area contributed by atoms with Crippen molar-refractivity contribution in [1.29, 1.82) is 0 Å². The Bertz CT molecular complexity index is 2030. The lowest BCUT2D eigenvalue weighted by atomic mass is 9.64. The van der Waals surface area contributed by atoms with Crippen LogP contribution in [0.3, 0.4) is 0 Å². The van der Waals surface area contributed by atoms with E-state index in [-0.39, 0.29) is 52.2 Å². The van der Waals surface area contributed by atoms with E-state index in [1.165, 1.54) is 20.8 Å². The predicted octanol–water partition coefficient (Wildman–Crippen LogP) is 7.30. The Morgan fingerprint density at radius 2 is 0.850 bits per heavy atom. The summed E-state index contributed by atoms with van der Waals surface area (Å²) >= 11 is 0. The second-order valence-electron chi connectivity index (χ2n) is 15.9. The fraction of sp³-hybridized carbons (Fsp3) is 0.467. The van der Waals surface area contributed by atoms with Gasteiger partial charge in [0.25, 0.3) is 0 Å². The molecule has 15 heteroatoms. The Morgan fingerprint density at radius 1 is 0.517 bits per heavy atom. The zero-order chi connectivity index (χ0) is 44.1. The summed E-state index contributed by atoms with van der Waals surface area (Å²) in [6.45, 7) is 10.2. The zero-order valence-corrected chi connectivity index (χ0v) is 35.7. The van der Waals surface area contributed by atoms with Crippen molar-refractivity contribution >= 4 is 56.1 Å². The lowest BCUT2D eigenvalue weighted by molar-refractivity contribution is -0.120. The molecule has 0 aromatic heterocycles. The van der Waals surface area contributed by atoms with Gasteiger partial charge in [0.05, 0.1) is 16.7 Å². The quantitative estimate of drug-likeness (QED) is 0.103. The molecule has 318 valence electrons. The molecule has 0 saturated heterocycles. The molecule has 60 heavy (non-hydrogen) atoms. The Hall–Kier alpha value is -4.85. The molecular weight excluding hydrogens is 765 g/mol. The molecule has 3 aromatic rings. The van der Waals surface area contributed by atoms with E-state index < -0.39 is 21.4 Å². The standard InChI is InChI=1S/C16H21BO4.C15H19BO4.C14H17BO4/c1-3-4-7-14(19)10-13-9-12-6-5-8-15(11(2)18)16(12)21-17(13)20;1-3-5-13(18)9-12-8-11-6-4-7-14(10(2)17)15(11)20-16(12)19;1-3-12(17)8-11-7-10-5-4-6-13(9(2)16)14(10)19-15(11)18/h5-6,8,13,20H,3-4,7,9-10H2,1-2H3;4,6-7,12,19H,3,5,8-9H2,1-2H3;4-6,11,18H,3,7-8H2,1-2H3. The van der Waals surface area contributed by atoms with Gasteiger partial charge in [0.15, 0.2) is 17.3 Å². The molecule has 3 atom stereocenters. The highest BCUT2D eigenvalue weighted by Gasteiger charge is 2.39. The lowest BCUT2D eigenvalue weighted by Gasteiger charge is -2.28. The Balaban J connectivity index is 0.000000199. The van der Waals surface area contributed by atoms with Gasteiger partial charge in [0.2, 0.25) is 0 Å². The van der Waals surface area contributed by atoms with E-state index in [9.17, 15) is 43.8 Å². The van der Waals surface area contributed by atoms with Crippen LogP contribution in [0.15, 0.2) is 54.6 Å². The Labute approximate surface area is 354 Å². The molecule has 0 radical (unpaired) electrons. The lowest BCUT2D eigenvalue weighted by Crippen LogP contribution is -2.35. The highest BCUT2D eigenvalue weighted by atomic mass is 16.5. The topological polar surface area (TPSA) is 191 Å². The normalized spacial score (nSPS) is 17.4. The van der Waals surface area contributed by atoms with E-state index in [2.05, 4.69) is 0 Å². The number of fused-ring (bicyclic) bond motifs is 3. The van der Waals surface area contributed by atoms with Crippen LogP contribution in [-0.4, -0.2) is 71.1 Å². The number of hydrogen-bond acceptors (Lipinski definition) is 12. The highest BCUT2D eigenvalue weighted by molar-refractivity contribution is 6.48. The summed E-state index contributed by atoms with van der Waals surface area (Å²) in [4.78, 5) is 69.7. The van der Waals surface area contributed by atoms with Crippen LogP contribution >= 0.6 is 0 Å². The van der Waals surface area contributed by atoms with Crippen LogP contribution in [0, 0.1) is 0 Å². The maximum Gasteiger partial charge on any atom is 0.526 e. The van der Waals surface area contributed by atoms with Crippen LogP contribution in [0.2, 0.25) is 17.5 Å². The van der Waals surface area contributed by atoms with Crippen molar-refractivity contribution in [2.75, 3.05) is 0 Å². The fourth-order valence-electron chi connectivity index (χ4n) is 7.68. The smallest absolute Gasteiger partial charge is 0.526 e.